The number of hydrogen-bond donors (Lipinski definition) is 1. The molecule has 8 nitrogen and oxygen atoms in total. The smallest absolute Gasteiger partial charge is 0.321 e. The van der Waals surface area contributed by atoms with Gasteiger partial charge in [-0.3, -0.25) is 9.59 Å². The molecule has 0 saturated carbocycles. The van der Waals surface area contributed by atoms with Crippen molar-refractivity contribution in [3.8, 4) is 11.5 Å². The SMILES string of the molecule is COc1ccc(C(=O)COC(=O)CNS(=O)(=O)c2ccc(C)c(C)c2)cc1OC. The van der Waals surface area contributed by atoms with Gasteiger partial charge < -0.3 is 14.2 Å². The molecule has 1 N–H and O–H groups in total. The fourth-order valence-electron chi connectivity index (χ4n) is 2.41. The highest BCUT2D eigenvalue weighted by Crippen LogP contribution is 2.27. The average Bonchev–Trinajstić information content (AvgIpc) is 2.71. The van der Waals surface area contributed by atoms with E-state index in [9.17, 15) is 18.0 Å². The number of esters is 1. The van der Waals surface area contributed by atoms with Gasteiger partial charge in [0.25, 0.3) is 0 Å². The summed E-state index contributed by atoms with van der Waals surface area (Å²) in [7, 11) is -0.958. The first-order chi connectivity index (χ1) is 13.7. The Morgan fingerprint density at radius 1 is 0.931 bits per heavy atom. The van der Waals surface area contributed by atoms with E-state index in [2.05, 4.69) is 4.72 Å². The third kappa shape index (κ3) is 5.78. The van der Waals surface area contributed by atoms with Gasteiger partial charge in [-0.25, -0.2) is 8.42 Å². The Bertz CT molecular complexity index is 1020. The highest BCUT2D eigenvalue weighted by atomic mass is 32.2. The second kappa shape index (κ2) is 9.53. The maximum atomic E-state index is 12.3. The molecular weight excluding hydrogens is 398 g/mol. The number of sulfonamides is 1. The minimum atomic E-state index is -3.87. The van der Waals surface area contributed by atoms with Crippen LogP contribution in [-0.4, -0.2) is 47.5 Å². The zero-order valence-corrected chi connectivity index (χ0v) is 17.5. The van der Waals surface area contributed by atoms with Crippen LogP contribution in [0.3, 0.4) is 0 Å². The molecule has 0 amide bonds. The predicted molar refractivity (Wildman–Crippen MR) is 106 cm³/mol. The van der Waals surface area contributed by atoms with Gasteiger partial charge in [0.05, 0.1) is 19.1 Å². The van der Waals surface area contributed by atoms with Crippen LogP contribution in [0.25, 0.3) is 0 Å². The normalized spacial score (nSPS) is 11.0. The largest absolute Gasteiger partial charge is 0.493 e. The van der Waals surface area contributed by atoms with E-state index in [-0.39, 0.29) is 10.5 Å². The standard InChI is InChI=1S/C20H23NO7S/c1-13-5-7-16(9-14(13)2)29(24,25)21-11-20(23)28-12-17(22)15-6-8-18(26-3)19(10-15)27-4/h5-10,21H,11-12H2,1-4H3. The molecule has 2 rings (SSSR count). The molecule has 0 unspecified atom stereocenters. The highest BCUT2D eigenvalue weighted by molar-refractivity contribution is 7.89. The first-order valence-corrected chi connectivity index (χ1v) is 10.1. The summed E-state index contributed by atoms with van der Waals surface area (Å²) in [5.41, 5.74) is 2.04. The summed E-state index contributed by atoms with van der Waals surface area (Å²) in [5, 5.41) is 0. The lowest BCUT2D eigenvalue weighted by atomic mass is 10.1. The molecule has 9 heteroatoms. The van der Waals surface area contributed by atoms with Crippen molar-refractivity contribution >= 4 is 21.8 Å². The third-order valence-electron chi connectivity index (χ3n) is 4.26. The second-order valence-electron chi connectivity index (χ2n) is 6.22. The molecule has 2 aromatic carbocycles. The van der Waals surface area contributed by atoms with Crippen molar-refractivity contribution in [2.75, 3.05) is 27.4 Å². The van der Waals surface area contributed by atoms with E-state index in [4.69, 9.17) is 14.2 Å². The Morgan fingerprint density at radius 3 is 2.24 bits per heavy atom. The minimum absolute atomic E-state index is 0.0507. The van der Waals surface area contributed by atoms with Crippen LogP contribution in [0.1, 0.15) is 21.5 Å². The van der Waals surface area contributed by atoms with Crippen molar-refractivity contribution in [3.05, 3.63) is 53.1 Å². The molecule has 0 spiro atoms. The van der Waals surface area contributed by atoms with Crippen molar-refractivity contribution in [1.29, 1.82) is 0 Å². The van der Waals surface area contributed by atoms with E-state index < -0.39 is 34.9 Å². The summed E-state index contributed by atoms with van der Waals surface area (Å²) >= 11 is 0. The van der Waals surface area contributed by atoms with Crippen molar-refractivity contribution < 1.29 is 32.2 Å². The number of Topliss-reactive ketones (excluding diaryl/α,β-unsaturated/α-hetero) is 1. The molecule has 0 aliphatic carbocycles. The molecule has 0 aromatic heterocycles. The zero-order chi connectivity index (χ0) is 21.6. The van der Waals surface area contributed by atoms with Gasteiger partial charge >= 0.3 is 5.97 Å². The molecule has 0 heterocycles. The van der Waals surface area contributed by atoms with E-state index in [0.29, 0.717) is 11.5 Å². The Hall–Kier alpha value is -2.91. The minimum Gasteiger partial charge on any atom is -0.493 e. The summed E-state index contributed by atoms with van der Waals surface area (Å²) in [4.78, 5) is 24.1. The third-order valence-corrected chi connectivity index (χ3v) is 5.66. The summed E-state index contributed by atoms with van der Waals surface area (Å²) < 4.78 is 41.8. The van der Waals surface area contributed by atoms with Crippen molar-refractivity contribution in [1.82, 2.24) is 4.72 Å². The highest BCUT2D eigenvalue weighted by Gasteiger charge is 2.18. The molecule has 0 radical (unpaired) electrons. The number of ketones is 1. The van der Waals surface area contributed by atoms with Crippen molar-refractivity contribution in [2.24, 2.45) is 0 Å². The molecule has 0 bridgehead atoms. The van der Waals surface area contributed by atoms with Gasteiger partial charge in [-0.15, -0.1) is 0 Å². The van der Waals surface area contributed by atoms with Crippen molar-refractivity contribution in [2.45, 2.75) is 18.7 Å². The van der Waals surface area contributed by atoms with Gasteiger partial charge in [0, 0.05) is 5.56 Å². The predicted octanol–water partition coefficient (Wildman–Crippen LogP) is 2.03. The molecule has 0 aliphatic rings. The number of methoxy groups -OCH3 is 2. The van der Waals surface area contributed by atoms with Gasteiger partial charge in [0.1, 0.15) is 6.54 Å². The van der Waals surface area contributed by atoms with Gasteiger partial charge in [-0.2, -0.15) is 4.72 Å². The van der Waals surface area contributed by atoms with Gasteiger partial charge in [-0.05, 0) is 55.3 Å². The Morgan fingerprint density at radius 2 is 1.62 bits per heavy atom. The Kier molecular flexibility index (Phi) is 7.35. The monoisotopic (exact) mass is 421 g/mol. The zero-order valence-electron chi connectivity index (χ0n) is 16.6. The topological polar surface area (TPSA) is 108 Å². The number of hydrogen-bond acceptors (Lipinski definition) is 7. The summed E-state index contributed by atoms with van der Waals surface area (Å²) in [6.45, 7) is 2.54. The van der Waals surface area contributed by atoms with Crippen LogP contribution in [0.5, 0.6) is 11.5 Å². The van der Waals surface area contributed by atoms with Crippen LogP contribution in [0.15, 0.2) is 41.3 Å². The van der Waals surface area contributed by atoms with Gasteiger partial charge in [0.15, 0.2) is 23.9 Å². The number of rotatable bonds is 9. The van der Waals surface area contributed by atoms with Crippen LogP contribution in [0, 0.1) is 13.8 Å². The average molecular weight is 421 g/mol. The molecule has 29 heavy (non-hydrogen) atoms. The molecule has 0 saturated heterocycles. The van der Waals surface area contributed by atoms with Crippen LogP contribution < -0.4 is 14.2 Å². The molecule has 0 fully saturated rings. The fraction of sp³-hybridized carbons (Fsp3) is 0.300. The van der Waals surface area contributed by atoms with E-state index >= 15 is 0 Å². The molecule has 0 aliphatic heterocycles. The molecule has 2 aromatic rings. The van der Waals surface area contributed by atoms with E-state index in [1.807, 2.05) is 6.92 Å². The number of nitrogens with one attached hydrogen (secondary N) is 1. The Labute approximate surface area is 169 Å². The van der Waals surface area contributed by atoms with Crippen LogP contribution in [-0.2, 0) is 19.6 Å². The fourth-order valence-corrected chi connectivity index (χ4v) is 3.46. The van der Waals surface area contributed by atoms with Gasteiger partial charge in [0.2, 0.25) is 10.0 Å². The Balaban J connectivity index is 1.92. The first kappa shape index (κ1) is 22.4. The maximum Gasteiger partial charge on any atom is 0.321 e. The van der Waals surface area contributed by atoms with Crippen LogP contribution >= 0.6 is 0 Å². The van der Waals surface area contributed by atoms with E-state index in [1.165, 1.54) is 38.5 Å². The lowest BCUT2D eigenvalue weighted by Gasteiger charge is -2.10. The number of carbonyl (C=O) groups excluding carboxylic acids is 2. The number of ether oxygens (including phenoxy) is 3. The first-order valence-electron chi connectivity index (χ1n) is 8.65. The molecular formula is C20H23NO7S. The van der Waals surface area contributed by atoms with Gasteiger partial charge in [-0.1, -0.05) is 6.07 Å². The summed E-state index contributed by atoms with van der Waals surface area (Å²) in [5.74, 6) is -0.504. The lowest BCUT2D eigenvalue weighted by molar-refractivity contribution is -0.141. The molecule has 156 valence electrons. The van der Waals surface area contributed by atoms with Crippen molar-refractivity contribution in [3.63, 3.8) is 0 Å². The number of benzene rings is 2. The summed E-state index contributed by atoms with van der Waals surface area (Å²) in [6, 6.07) is 9.20. The lowest BCUT2D eigenvalue weighted by Crippen LogP contribution is -2.31. The van der Waals surface area contributed by atoms with Crippen LogP contribution in [0.4, 0.5) is 0 Å². The number of aryl methyl sites for hydroxylation is 2. The quantitative estimate of drug-likeness (QED) is 0.487. The van der Waals surface area contributed by atoms with E-state index in [0.717, 1.165) is 11.1 Å². The summed E-state index contributed by atoms with van der Waals surface area (Å²) in [6.07, 6.45) is 0. The number of carbonyl (C=O) groups is 2. The molecule has 0 atom stereocenters. The van der Waals surface area contributed by atoms with E-state index in [1.54, 1.807) is 19.1 Å². The maximum absolute atomic E-state index is 12.3. The van der Waals surface area contributed by atoms with Crippen LogP contribution in [0.2, 0.25) is 0 Å². The second-order valence-corrected chi connectivity index (χ2v) is 7.99.